The molecule has 1 heterocycles. The van der Waals surface area contributed by atoms with Crippen LogP contribution in [-0.2, 0) is 4.74 Å². The number of likely N-dealkylation sites (N-methyl/N-ethyl adjacent to an activating group) is 1. The first-order valence-corrected chi connectivity index (χ1v) is 5.31. The van der Waals surface area contributed by atoms with Crippen LogP contribution in [0.4, 0.5) is 4.79 Å². The molecule has 1 aliphatic rings. The molecule has 1 atom stereocenters. The highest BCUT2D eigenvalue weighted by Gasteiger charge is 2.27. The van der Waals surface area contributed by atoms with Gasteiger partial charge in [0.05, 0.1) is 0 Å². The summed E-state index contributed by atoms with van der Waals surface area (Å²) in [6.45, 7) is 7.40. The van der Waals surface area contributed by atoms with Gasteiger partial charge in [0.25, 0.3) is 0 Å². The molecule has 15 heavy (non-hydrogen) atoms. The molecule has 88 valence electrons. The van der Waals surface area contributed by atoms with Gasteiger partial charge in [0.2, 0.25) is 0 Å². The van der Waals surface area contributed by atoms with Crippen LogP contribution in [0.1, 0.15) is 27.2 Å². The molecule has 0 N–H and O–H groups in total. The largest absolute Gasteiger partial charge is 0.457 e. The second kappa shape index (κ2) is 4.39. The Balaban J connectivity index is 2.46. The lowest BCUT2D eigenvalue weighted by atomic mass is 10.2. The van der Waals surface area contributed by atoms with Gasteiger partial charge in [-0.1, -0.05) is 0 Å². The summed E-state index contributed by atoms with van der Waals surface area (Å²) in [5.41, 5.74) is -0.423. The second-order valence-corrected chi connectivity index (χ2v) is 5.11. The van der Waals surface area contributed by atoms with Crippen molar-refractivity contribution >= 4 is 6.09 Å². The molecular weight excluding hydrogens is 192 g/mol. The average molecular weight is 213 g/mol. The van der Waals surface area contributed by atoms with Crippen LogP contribution in [0.15, 0.2) is 0 Å². The van der Waals surface area contributed by atoms with E-state index in [-0.39, 0.29) is 12.1 Å². The summed E-state index contributed by atoms with van der Waals surface area (Å²) in [4.78, 5) is 15.4. The van der Waals surface area contributed by atoms with Gasteiger partial charge in [-0.2, -0.15) is 0 Å². The van der Waals surface area contributed by atoms with Gasteiger partial charge in [-0.15, -0.1) is 0 Å². The summed E-state index contributed by atoms with van der Waals surface area (Å²) in [5, 5.41) is 0. The van der Waals surface area contributed by atoms with Crippen LogP contribution >= 0.6 is 0 Å². The summed E-state index contributed by atoms with van der Waals surface area (Å²) in [5.74, 6) is 0. The number of rotatable bonds is 1. The standard InChI is InChI=1S/C11H21N2O2/c1-11(2,3)15-10(14)13(5)9-6-7-12(4)8-9/h9H,4,6-8H2,1-3,5H3/q-1/t9-/m0/s1. The van der Waals surface area contributed by atoms with E-state index in [9.17, 15) is 4.79 Å². The Morgan fingerprint density at radius 1 is 1.53 bits per heavy atom. The molecule has 0 unspecified atom stereocenters. The molecule has 4 heteroatoms. The lowest BCUT2D eigenvalue weighted by Gasteiger charge is -2.29. The predicted octanol–water partition coefficient (Wildman–Crippen LogP) is 1.72. The molecule has 1 fully saturated rings. The normalized spacial score (nSPS) is 22.9. The van der Waals surface area contributed by atoms with Crippen molar-refractivity contribution in [2.24, 2.45) is 0 Å². The van der Waals surface area contributed by atoms with Crippen molar-refractivity contribution in [2.45, 2.75) is 38.8 Å². The lowest BCUT2D eigenvalue weighted by molar-refractivity contribution is 0.0231. The van der Waals surface area contributed by atoms with Gasteiger partial charge in [0, 0.05) is 13.1 Å². The van der Waals surface area contributed by atoms with Gasteiger partial charge in [0.15, 0.2) is 0 Å². The zero-order chi connectivity index (χ0) is 11.6. The lowest BCUT2D eigenvalue weighted by Crippen LogP contribution is -2.41. The van der Waals surface area contributed by atoms with Crippen LogP contribution in [0.5, 0.6) is 0 Å². The minimum Gasteiger partial charge on any atom is -0.457 e. The molecule has 1 saturated heterocycles. The Kier molecular flexibility index (Phi) is 3.60. The minimum atomic E-state index is -0.423. The van der Waals surface area contributed by atoms with Gasteiger partial charge < -0.3 is 14.5 Å². The highest BCUT2D eigenvalue weighted by atomic mass is 16.6. The Bertz CT molecular complexity index is 235. The summed E-state index contributed by atoms with van der Waals surface area (Å²) < 4.78 is 5.30. The number of carbonyl (C=O) groups excluding carboxylic acids is 1. The molecule has 0 aliphatic carbocycles. The van der Waals surface area contributed by atoms with E-state index in [4.69, 9.17) is 4.74 Å². The maximum atomic E-state index is 11.7. The van der Waals surface area contributed by atoms with E-state index in [0.717, 1.165) is 19.5 Å². The quantitative estimate of drug-likeness (QED) is 0.622. The highest BCUT2D eigenvalue weighted by molar-refractivity contribution is 5.68. The number of nitrogens with zero attached hydrogens (tertiary/aromatic N) is 2. The summed E-state index contributed by atoms with van der Waals surface area (Å²) in [6, 6.07) is 0.234. The van der Waals surface area contributed by atoms with Gasteiger partial charge in [-0.25, -0.2) is 4.79 Å². The summed E-state index contributed by atoms with van der Waals surface area (Å²) in [6.07, 6.45) is 0.724. The van der Waals surface area contributed by atoms with E-state index in [2.05, 4.69) is 7.05 Å². The third-order valence-corrected chi connectivity index (χ3v) is 2.48. The van der Waals surface area contributed by atoms with Crippen molar-refractivity contribution in [1.29, 1.82) is 0 Å². The Morgan fingerprint density at radius 3 is 2.53 bits per heavy atom. The van der Waals surface area contributed by atoms with Crippen molar-refractivity contribution in [1.82, 2.24) is 9.80 Å². The fourth-order valence-electron chi connectivity index (χ4n) is 1.61. The van der Waals surface area contributed by atoms with Crippen LogP contribution in [0.25, 0.3) is 0 Å². The van der Waals surface area contributed by atoms with Crippen LogP contribution in [0, 0.1) is 7.05 Å². The zero-order valence-corrected chi connectivity index (χ0v) is 10.1. The number of amides is 1. The molecule has 1 rings (SSSR count). The first-order chi connectivity index (χ1) is 6.79. The number of likely N-dealkylation sites (tertiary alicyclic amines) is 1. The van der Waals surface area contributed by atoms with E-state index in [0.29, 0.717) is 0 Å². The number of hydrogen-bond acceptors (Lipinski definition) is 3. The molecule has 0 radical (unpaired) electrons. The Labute approximate surface area is 92.2 Å². The maximum absolute atomic E-state index is 11.7. The molecule has 1 aliphatic heterocycles. The first-order valence-electron chi connectivity index (χ1n) is 5.31. The van der Waals surface area contributed by atoms with Crippen molar-refractivity contribution in [2.75, 3.05) is 20.1 Å². The van der Waals surface area contributed by atoms with E-state index in [1.807, 2.05) is 25.7 Å². The zero-order valence-electron chi connectivity index (χ0n) is 10.1. The second-order valence-electron chi connectivity index (χ2n) is 5.11. The van der Waals surface area contributed by atoms with Gasteiger partial charge >= 0.3 is 6.09 Å². The molecule has 0 aromatic rings. The summed E-state index contributed by atoms with van der Waals surface area (Å²) >= 11 is 0. The predicted molar refractivity (Wildman–Crippen MR) is 59.3 cm³/mol. The third-order valence-electron chi connectivity index (χ3n) is 2.48. The molecule has 0 bridgehead atoms. The van der Waals surface area contributed by atoms with Crippen molar-refractivity contribution < 1.29 is 9.53 Å². The average Bonchev–Trinajstić information content (AvgIpc) is 2.47. The van der Waals surface area contributed by atoms with Crippen LogP contribution in [0.3, 0.4) is 0 Å². The molecule has 1 amide bonds. The maximum Gasteiger partial charge on any atom is 0.410 e. The van der Waals surface area contributed by atoms with E-state index in [1.54, 1.807) is 11.9 Å². The van der Waals surface area contributed by atoms with Crippen LogP contribution in [0.2, 0.25) is 0 Å². The topological polar surface area (TPSA) is 32.8 Å². The number of hydrogen-bond donors (Lipinski definition) is 0. The van der Waals surface area contributed by atoms with Crippen LogP contribution < -0.4 is 0 Å². The molecule has 0 aromatic heterocycles. The van der Waals surface area contributed by atoms with E-state index >= 15 is 0 Å². The fraction of sp³-hybridized carbons (Fsp3) is 0.818. The number of ether oxygens (including phenoxy) is 1. The third kappa shape index (κ3) is 3.70. The van der Waals surface area contributed by atoms with Gasteiger partial charge in [0.1, 0.15) is 5.60 Å². The van der Waals surface area contributed by atoms with Crippen molar-refractivity contribution in [3.63, 3.8) is 0 Å². The monoisotopic (exact) mass is 213 g/mol. The molecule has 4 nitrogen and oxygen atoms in total. The van der Waals surface area contributed by atoms with Crippen molar-refractivity contribution in [3.8, 4) is 0 Å². The smallest absolute Gasteiger partial charge is 0.410 e. The molecular formula is C11H21N2O2-. The van der Waals surface area contributed by atoms with Gasteiger partial charge in [-0.3, -0.25) is 7.05 Å². The van der Waals surface area contributed by atoms with Crippen LogP contribution in [-0.4, -0.2) is 47.7 Å². The first kappa shape index (κ1) is 12.3. The molecule has 0 saturated carbocycles. The SMILES string of the molecule is [CH2-]N1CC[C@H](N(C)C(=O)OC(C)(C)C)C1. The Hall–Kier alpha value is -0.770. The number of carbonyl (C=O) groups is 1. The van der Waals surface area contributed by atoms with Gasteiger partial charge in [-0.05, 0) is 40.3 Å². The highest BCUT2D eigenvalue weighted by Crippen LogP contribution is 2.16. The Morgan fingerprint density at radius 2 is 2.13 bits per heavy atom. The summed E-state index contributed by atoms with van der Waals surface area (Å²) in [7, 11) is 5.65. The fourth-order valence-corrected chi connectivity index (χ4v) is 1.61. The van der Waals surface area contributed by atoms with Crippen molar-refractivity contribution in [3.05, 3.63) is 7.05 Å². The molecule has 0 spiro atoms. The van der Waals surface area contributed by atoms with E-state index < -0.39 is 5.60 Å². The molecule has 0 aromatic carbocycles. The van der Waals surface area contributed by atoms with E-state index in [1.165, 1.54) is 0 Å². The minimum absolute atomic E-state index is 0.234.